The van der Waals surface area contributed by atoms with E-state index in [0.29, 0.717) is 11.3 Å². The molecule has 8 heteroatoms. The van der Waals surface area contributed by atoms with Gasteiger partial charge in [-0.1, -0.05) is 18.2 Å². The maximum Gasteiger partial charge on any atom is 0.245 e. The average molecular weight is 399 g/mol. The van der Waals surface area contributed by atoms with Crippen molar-refractivity contribution in [3.05, 3.63) is 60.2 Å². The van der Waals surface area contributed by atoms with Gasteiger partial charge < -0.3 is 20.3 Å². The lowest BCUT2D eigenvalue weighted by Crippen LogP contribution is -2.45. The predicted octanol–water partition coefficient (Wildman–Crippen LogP) is 1.95. The molecule has 150 valence electrons. The molecule has 0 saturated carbocycles. The van der Waals surface area contributed by atoms with Crippen molar-refractivity contribution in [1.82, 2.24) is 15.2 Å². The van der Waals surface area contributed by atoms with Gasteiger partial charge >= 0.3 is 0 Å². The second-order valence-electron chi connectivity index (χ2n) is 7.01. The fourth-order valence-corrected chi connectivity index (χ4v) is 3.62. The van der Waals surface area contributed by atoms with Gasteiger partial charge in [-0.15, -0.1) is 0 Å². The molecule has 2 heterocycles. The predicted molar refractivity (Wildman–Crippen MR) is 103 cm³/mol. The molecule has 1 saturated heterocycles. The molecule has 29 heavy (non-hydrogen) atoms. The van der Waals surface area contributed by atoms with Crippen LogP contribution in [0.15, 0.2) is 48.5 Å². The number of nitrogens with one attached hydrogen (secondary N) is 2. The van der Waals surface area contributed by atoms with Crippen LogP contribution in [-0.2, 0) is 16.1 Å². The van der Waals surface area contributed by atoms with Crippen molar-refractivity contribution >= 4 is 22.7 Å². The molecule has 2 atom stereocenters. The van der Waals surface area contributed by atoms with Gasteiger partial charge in [0.15, 0.2) is 0 Å². The normalized spacial score (nSPS) is 18.8. The van der Waals surface area contributed by atoms with E-state index in [1.54, 1.807) is 0 Å². The zero-order valence-electron chi connectivity index (χ0n) is 15.4. The number of aryl methyl sites for hydroxylation is 1. The summed E-state index contributed by atoms with van der Waals surface area (Å²) in [5.41, 5.74) is 1.76. The molecule has 1 aliphatic heterocycles. The van der Waals surface area contributed by atoms with Gasteiger partial charge in [0.25, 0.3) is 0 Å². The first-order chi connectivity index (χ1) is 13.9. The van der Waals surface area contributed by atoms with Crippen LogP contribution in [0.5, 0.6) is 0 Å². The topological polar surface area (TPSA) is 83.4 Å². The number of carbonyl (C=O) groups is 2. The maximum absolute atomic E-state index is 13.7. The van der Waals surface area contributed by atoms with Crippen LogP contribution in [-0.4, -0.2) is 40.2 Å². The van der Waals surface area contributed by atoms with Crippen molar-refractivity contribution in [2.24, 2.45) is 0 Å². The van der Waals surface area contributed by atoms with Crippen LogP contribution in [0.25, 0.3) is 22.2 Å². The molecule has 0 radical (unpaired) electrons. The third-order valence-electron chi connectivity index (χ3n) is 5.00. The lowest BCUT2D eigenvalue weighted by atomic mass is 10.1. The first-order valence-electron chi connectivity index (χ1n) is 9.22. The number of hydrogen-bond donors (Lipinski definition) is 3. The highest BCUT2D eigenvalue weighted by Crippen LogP contribution is 2.29. The molecule has 0 spiro atoms. The zero-order chi connectivity index (χ0) is 20.5. The lowest BCUT2D eigenvalue weighted by Gasteiger charge is -2.15. The van der Waals surface area contributed by atoms with E-state index >= 15 is 0 Å². The molecule has 0 aliphatic carbocycles. The highest BCUT2D eigenvalue weighted by atomic mass is 19.1. The molecule has 2 aromatic carbocycles. The van der Waals surface area contributed by atoms with Crippen molar-refractivity contribution in [3.63, 3.8) is 0 Å². The number of benzene rings is 2. The first kappa shape index (κ1) is 19.1. The molecule has 0 bridgehead atoms. The quantitative estimate of drug-likeness (QED) is 0.613. The van der Waals surface area contributed by atoms with E-state index in [4.69, 9.17) is 0 Å². The summed E-state index contributed by atoms with van der Waals surface area (Å²) in [4.78, 5) is 24.0. The third kappa shape index (κ3) is 3.84. The van der Waals surface area contributed by atoms with Gasteiger partial charge in [0.2, 0.25) is 11.8 Å². The molecule has 0 unspecified atom stereocenters. The standard InChI is InChI=1S/C21H19F2N3O3/c22-14-7-13(8-15(23)10-14)17-9-12-3-1-2-4-16(12)26(17)6-5-19(28)25-20-18(27)11-24-21(20)29/h1-4,7-10,18,20,27H,5-6,11H2,(H,24,29)(H,25,28)/t18-,20+/m1/s1. The van der Waals surface area contributed by atoms with E-state index < -0.39 is 35.6 Å². The monoisotopic (exact) mass is 399 g/mol. The number of carbonyl (C=O) groups excluding carboxylic acids is 2. The number of amides is 2. The van der Waals surface area contributed by atoms with E-state index in [-0.39, 0.29) is 19.5 Å². The molecule has 1 aromatic heterocycles. The van der Waals surface area contributed by atoms with Gasteiger partial charge in [-0.05, 0) is 24.3 Å². The van der Waals surface area contributed by atoms with Crippen LogP contribution in [0, 0.1) is 11.6 Å². The molecule has 6 nitrogen and oxygen atoms in total. The summed E-state index contributed by atoms with van der Waals surface area (Å²) < 4.78 is 29.3. The molecule has 4 rings (SSSR count). The summed E-state index contributed by atoms with van der Waals surface area (Å²) in [7, 11) is 0. The Morgan fingerprint density at radius 3 is 2.59 bits per heavy atom. The van der Waals surface area contributed by atoms with E-state index in [1.807, 2.05) is 34.9 Å². The van der Waals surface area contributed by atoms with Crippen molar-refractivity contribution in [2.75, 3.05) is 6.54 Å². The van der Waals surface area contributed by atoms with Gasteiger partial charge in [0.05, 0.1) is 0 Å². The lowest BCUT2D eigenvalue weighted by molar-refractivity contribution is -0.128. The summed E-state index contributed by atoms with van der Waals surface area (Å²) >= 11 is 0. The molecule has 1 fully saturated rings. The Morgan fingerprint density at radius 2 is 1.90 bits per heavy atom. The fourth-order valence-electron chi connectivity index (χ4n) is 3.62. The van der Waals surface area contributed by atoms with Gasteiger partial charge in [0, 0.05) is 47.7 Å². The number of halogens is 2. The smallest absolute Gasteiger partial charge is 0.245 e. The highest BCUT2D eigenvalue weighted by molar-refractivity contribution is 5.90. The molecule has 3 N–H and O–H groups in total. The Kier molecular flexibility index (Phi) is 5.02. The second kappa shape index (κ2) is 7.63. The third-order valence-corrected chi connectivity index (χ3v) is 5.00. The fraction of sp³-hybridized carbons (Fsp3) is 0.238. The second-order valence-corrected chi connectivity index (χ2v) is 7.01. The Labute approximate surface area is 165 Å². The SMILES string of the molecule is O=C(CCn1c(-c2cc(F)cc(F)c2)cc2ccccc21)N[C@@H]1C(=O)NC[C@H]1O. The summed E-state index contributed by atoms with van der Waals surface area (Å²) in [5, 5.41) is 15.7. The van der Waals surface area contributed by atoms with Gasteiger partial charge in [-0.25, -0.2) is 8.78 Å². The van der Waals surface area contributed by atoms with Crippen molar-refractivity contribution < 1.29 is 23.5 Å². The Balaban J connectivity index is 1.61. The first-order valence-corrected chi connectivity index (χ1v) is 9.22. The number of nitrogens with zero attached hydrogens (tertiary/aromatic N) is 1. The van der Waals surface area contributed by atoms with E-state index in [1.165, 1.54) is 12.1 Å². The van der Waals surface area contributed by atoms with E-state index in [0.717, 1.165) is 17.0 Å². The minimum absolute atomic E-state index is 0.0278. The highest BCUT2D eigenvalue weighted by Gasteiger charge is 2.34. The number of aromatic nitrogens is 1. The number of β-amino-alcohol motifs (C(OH)–C–C–N with tert-alkyl or cyclic N) is 1. The van der Waals surface area contributed by atoms with Crippen LogP contribution >= 0.6 is 0 Å². The summed E-state index contributed by atoms with van der Waals surface area (Å²) in [6, 6.07) is 11.6. The summed E-state index contributed by atoms with van der Waals surface area (Å²) in [6.45, 7) is 0.332. The van der Waals surface area contributed by atoms with Gasteiger partial charge in [-0.3, -0.25) is 9.59 Å². The Morgan fingerprint density at radius 1 is 1.17 bits per heavy atom. The number of para-hydroxylation sites is 1. The van der Waals surface area contributed by atoms with E-state index in [2.05, 4.69) is 10.6 Å². The molecule has 1 aliphatic rings. The number of aliphatic hydroxyl groups is 1. The van der Waals surface area contributed by atoms with E-state index in [9.17, 15) is 23.5 Å². The van der Waals surface area contributed by atoms with Crippen LogP contribution in [0.3, 0.4) is 0 Å². The summed E-state index contributed by atoms with van der Waals surface area (Å²) in [6.07, 6.45) is -0.940. The van der Waals surface area contributed by atoms with Gasteiger partial charge in [0.1, 0.15) is 23.8 Å². The number of aliphatic hydroxyl groups excluding tert-OH is 1. The molecule has 3 aromatic rings. The minimum Gasteiger partial charge on any atom is -0.389 e. The Bertz CT molecular complexity index is 1080. The van der Waals surface area contributed by atoms with Crippen LogP contribution in [0.1, 0.15) is 6.42 Å². The zero-order valence-corrected chi connectivity index (χ0v) is 15.4. The minimum atomic E-state index is -0.972. The van der Waals surface area contributed by atoms with Crippen molar-refractivity contribution in [1.29, 1.82) is 0 Å². The summed E-state index contributed by atoms with van der Waals surface area (Å²) in [5.74, 6) is -2.19. The van der Waals surface area contributed by atoms with Crippen LogP contribution < -0.4 is 10.6 Å². The molecule has 2 amide bonds. The van der Waals surface area contributed by atoms with Gasteiger partial charge in [-0.2, -0.15) is 0 Å². The molecular weight excluding hydrogens is 380 g/mol. The van der Waals surface area contributed by atoms with Crippen LogP contribution in [0.2, 0.25) is 0 Å². The number of hydrogen-bond acceptors (Lipinski definition) is 3. The average Bonchev–Trinajstić information content (AvgIpc) is 3.20. The molecular formula is C21H19F2N3O3. The maximum atomic E-state index is 13.7. The number of rotatable bonds is 5. The van der Waals surface area contributed by atoms with Crippen molar-refractivity contribution in [3.8, 4) is 11.3 Å². The number of fused-ring (bicyclic) bond motifs is 1. The Hall–Kier alpha value is -3.26. The van der Waals surface area contributed by atoms with Crippen LogP contribution in [0.4, 0.5) is 8.78 Å². The largest absolute Gasteiger partial charge is 0.389 e. The van der Waals surface area contributed by atoms with Crippen molar-refractivity contribution in [2.45, 2.75) is 25.1 Å².